The van der Waals surface area contributed by atoms with E-state index in [9.17, 15) is 18.0 Å². The first-order chi connectivity index (χ1) is 20.5. The predicted molar refractivity (Wildman–Crippen MR) is 171 cm³/mol. The van der Waals surface area contributed by atoms with E-state index in [1.807, 2.05) is 88.4 Å². The Bertz CT molecular complexity index is 1650. The van der Waals surface area contributed by atoms with E-state index < -0.39 is 28.5 Å². The molecule has 0 radical (unpaired) electrons. The highest BCUT2D eigenvalue weighted by atomic mass is 32.2. The van der Waals surface area contributed by atoms with Crippen LogP contribution in [0.2, 0.25) is 0 Å². The monoisotopic (exact) mass is 597 g/mol. The maximum absolute atomic E-state index is 14.4. The third-order valence-corrected chi connectivity index (χ3v) is 9.16. The number of sulfonamides is 1. The van der Waals surface area contributed by atoms with Crippen molar-refractivity contribution in [3.05, 3.63) is 130 Å². The molecule has 0 spiro atoms. The van der Waals surface area contributed by atoms with E-state index in [1.165, 1.54) is 4.90 Å². The summed E-state index contributed by atoms with van der Waals surface area (Å²) >= 11 is 0. The number of aryl methyl sites for hydroxylation is 4. The van der Waals surface area contributed by atoms with Crippen LogP contribution in [0.5, 0.6) is 0 Å². The zero-order valence-electron chi connectivity index (χ0n) is 25.4. The molecule has 0 saturated carbocycles. The maximum Gasteiger partial charge on any atom is 0.264 e. The molecule has 0 bridgehead atoms. The summed E-state index contributed by atoms with van der Waals surface area (Å²) in [7, 11) is -2.60. The van der Waals surface area contributed by atoms with E-state index in [0.29, 0.717) is 5.69 Å². The first-order valence-corrected chi connectivity index (χ1v) is 15.7. The average Bonchev–Trinajstić information content (AvgIpc) is 2.98. The van der Waals surface area contributed by atoms with E-state index in [2.05, 4.69) is 5.32 Å². The minimum Gasteiger partial charge on any atom is -0.357 e. The lowest BCUT2D eigenvalue weighted by molar-refractivity contribution is -0.139. The van der Waals surface area contributed by atoms with Gasteiger partial charge in [-0.05, 0) is 74.2 Å². The molecule has 0 aliphatic carbocycles. The number of hydrogen-bond donors (Lipinski definition) is 1. The summed E-state index contributed by atoms with van der Waals surface area (Å²) in [5.74, 6) is -0.816. The molecule has 0 fully saturated rings. The van der Waals surface area contributed by atoms with Crippen LogP contribution < -0.4 is 9.62 Å². The molecule has 2 amide bonds. The molecule has 0 unspecified atom stereocenters. The zero-order valence-corrected chi connectivity index (χ0v) is 26.2. The van der Waals surface area contributed by atoms with Crippen molar-refractivity contribution in [3.8, 4) is 0 Å². The Morgan fingerprint density at radius 2 is 1.28 bits per heavy atom. The van der Waals surface area contributed by atoms with Crippen LogP contribution in [0.25, 0.3) is 0 Å². The maximum atomic E-state index is 14.4. The number of carbonyl (C=O) groups excluding carboxylic acids is 2. The standard InChI is InChI=1S/C35H39N3O4S/c1-25-11-15-30(16-12-25)23-37(33(35(40)36-5)22-29-9-7-6-8-10-29)34(39)24-38(31-20-27(3)19-28(4)21-31)43(41,42)32-17-13-26(2)14-18-32/h6-21,33H,22-24H2,1-5H3,(H,36,40)/t33-/m0/s1. The van der Waals surface area contributed by atoms with Crippen LogP contribution in [0.4, 0.5) is 5.69 Å². The largest absolute Gasteiger partial charge is 0.357 e. The summed E-state index contributed by atoms with van der Waals surface area (Å²) < 4.78 is 29.5. The topological polar surface area (TPSA) is 86.8 Å². The zero-order chi connectivity index (χ0) is 31.1. The molecule has 0 heterocycles. The molecule has 0 aliphatic heterocycles. The van der Waals surface area contributed by atoms with Gasteiger partial charge in [0.15, 0.2) is 0 Å². The molecule has 4 aromatic carbocycles. The molecule has 4 aromatic rings. The minimum absolute atomic E-state index is 0.0854. The summed E-state index contributed by atoms with van der Waals surface area (Å²) in [6, 6.07) is 28.4. The lowest BCUT2D eigenvalue weighted by atomic mass is 10.0. The molecule has 4 rings (SSSR count). The SMILES string of the molecule is CNC(=O)[C@H](Cc1ccccc1)N(Cc1ccc(C)cc1)C(=O)CN(c1cc(C)cc(C)c1)S(=O)(=O)c1ccc(C)cc1. The van der Waals surface area contributed by atoms with E-state index in [4.69, 9.17) is 0 Å². The number of benzene rings is 4. The van der Waals surface area contributed by atoms with Gasteiger partial charge in [-0.2, -0.15) is 0 Å². The van der Waals surface area contributed by atoms with Crippen molar-refractivity contribution in [2.24, 2.45) is 0 Å². The number of carbonyl (C=O) groups is 2. The Balaban J connectivity index is 1.80. The smallest absolute Gasteiger partial charge is 0.264 e. The molecule has 43 heavy (non-hydrogen) atoms. The molecule has 1 N–H and O–H groups in total. The van der Waals surface area contributed by atoms with Crippen LogP contribution in [-0.2, 0) is 32.6 Å². The second-order valence-corrected chi connectivity index (χ2v) is 12.9. The molecule has 0 aromatic heterocycles. The van der Waals surface area contributed by atoms with Gasteiger partial charge in [0, 0.05) is 20.0 Å². The quantitative estimate of drug-likeness (QED) is 0.247. The van der Waals surface area contributed by atoms with Crippen molar-refractivity contribution in [2.45, 2.75) is 51.6 Å². The molecule has 0 saturated heterocycles. The fourth-order valence-corrected chi connectivity index (χ4v) is 6.47. The minimum atomic E-state index is -4.14. The second-order valence-electron chi connectivity index (χ2n) is 11.0. The molecule has 224 valence electrons. The molecule has 0 aliphatic rings. The van der Waals surface area contributed by atoms with Gasteiger partial charge in [0.25, 0.3) is 10.0 Å². The van der Waals surface area contributed by atoms with Crippen molar-refractivity contribution >= 4 is 27.5 Å². The van der Waals surface area contributed by atoms with Crippen molar-refractivity contribution in [1.82, 2.24) is 10.2 Å². The summed E-state index contributed by atoms with van der Waals surface area (Å²) in [5, 5.41) is 2.71. The third-order valence-electron chi connectivity index (χ3n) is 7.37. The van der Waals surface area contributed by atoms with Crippen LogP contribution in [0, 0.1) is 27.7 Å². The van der Waals surface area contributed by atoms with Crippen molar-refractivity contribution in [2.75, 3.05) is 17.9 Å². The number of likely N-dealkylation sites (N-methyl/N-ethyl adjacent to an activating group) is 1. The molecular formula is C35H39N3O4S. The highest BCUT2D eigenvalue weighted by Gasteiger charge is 2.34. The Hall–Kier alpha value is -4.43. The van der Waals surface area contributed by atoms with E-state index in [1.54, 1.807) is 43.4 Å². The van der Waals surface area contributed by atoms with Gasteiger partial charge >= 0.3 is 0 Å². The summed E-state index contributed by atoms with van der Waals surface area (Å²) in [6.45, 7) is 7.30. The number of rotatable bonds is 11. The van der Waals surface area contributed by atoms with Crippen LogP contribution >= 0.6 is 0 Å². The highest BCUT2D eigenvalue weighted by molar-refractivity contribution is 7.92. The Kier molecular flexibility index (Phi) is 10.0. The van der Waals surface area contributed by atoms with Crippen LogP contribution in [0.15, 0.2) is 102 Å². The molecule has 7 nitrogen and oxygen atoms in total. The first-order valence-electron chi connectivity index (χ1n) is 14.3. The van der Waals surface area contributed by atoms with Crippen LogP contribution in [0.3, 0.4) is 0 Å². The number of anilines is 1. The normalized spacial score (nSPS) is 11.9. The Labute approximate surface area is 255 Å². The first kappa shape index (κ1) is 31.5. The summed E-state index contributed by atoms with van der Waals surface area (Å²) in [4.78, 5) is 29.3. The fraction of sp³-hybridized carbons (Fsp3) is 0.257. The van der Waals surface area contributed by atoms with E-state index >= 15 is 0 Å². The van der Waals surface area contributed by atoms with Crippen LogP contribution in [-0.4, -0.2) is 44.8 Å². The lowest BCUT2D eigenvalue weighted by Crippen LogP contribution is -2.53. The number of nitrogens with one attached hydrogen (secondary N) is 1. The van der Waals surface area contributed by atoms with E-state index in [0.717, 1.165) is 37.7 Å². The number of nitrogens with zero attached hydrogens (tertiary/aromatic N) is 2. The van der Waals surface area contributed by atoms with Gasteiger partial charge in [-0.25, -0.2) is 8.42 Å². The highest BCUT2D eigenvalue weighted by Crippen LogP contribution is 2.27. The summed E-state index contributed by atoms with van der Waals surface area (Å²) in [5.41, 5.74) is 5.84. The molecular weight excluding hydrogens is 558 g/mol. The average molecular weight is 598 g/mol. The Morgan fingerprint density at radius 1 is 0.721 bits per heavy atom. The summed E-state index contributed by atoms with van der Waals surface area (Å²) in [6.07, 6.45) is 0.270. The van der Waals surface area contributed by atoms with Gasteiger partial charge in [-0.15, -0.1) is 0 Å². The van der Waals surface area contributed by atoms with Gasteiger partial charge in [0.2, 0.25) is 11.8 Å². The third kappa shape index (κ3) is 7.90. The van der Waals surface area contributed by atoms with Crippen LogP contribution in [0.1, 0.15) is 33.4 Å². The predicted octanol–water partition coefficient (Wildman–Crippen LogP) is 5.50. The van der Waals surface area contributed by atoms with Gasteiger partial charge in [-0.3, -0.25) is 13.9 Å². The van der Waals surface area contributed by atoms with Gasteiger partial charge < -0.3 is 10.2 Å². The Morgan fingerprint density at radius 3 is 1.84 bits per heavy atom. The van der Waals surface area contributed by atoms with Gasteiger partial charge in [0.1, 0.15) is 12.6 Å². The fourth-order valence-electron chi connectivity index (χ4n) is 5.07. The van der Waals surface area contributed by atoms with Gasteiger partial charge in [-0.1, -0.05) is 83.9 Å². The second kappa shape index (κ2) is 13.7. The lowest BCUT2D eigenvalue weighted by Gasteiger charge is -2.33. The van der Waals surface area contributed by atoms with Gasteiger partial charge in [0.05, 0.1) is 10.6 Å². The van der Waals surface area contributed by atoms with Crippen molar-refractivity contribution in [3.63, 3.8) is 0 Å². The molecule has 8 heteroatoms. The number of amides is 2. The van der Waals surface area contributed by atoms with E-state index in [-0.39, 0.29) is 23.8 Å². The molecule has 1 atom stereocenters. The number of hydrogen-bond acceptors (Lipinski definition) is 4. The van der Waals surface area contributed by atoms with Crippen molar-refractivity contribution in [1.29, 1.82) is 0 Å². The van der Waals surface area contributed by atoms with Crippen molar-refractivity contribution < 1.29 is 18.0 Å².